The molecule has 0 unspecified atom stereocenters. The lowest BCUT2D eigenvalue weighted by atomic mass is 9.87. The number of nitrogens with two attached hydrogens (primary N) is 1. The monoisotopic (exact) mass is 388 g/mol. The number of aromatic hydroxyl groups is 1. The SMILES string of the molecule is CC1=C(NCCCNCCCCNCCCN)C(=O)c2c(O)cccc2C1=O. The van der Waals surface area contributed by atoms with Crippen LogP contribution in [0.15, 0.2) is 29.5 Å². The topological polar surface area (TPSA) is 116 Å². The van der Waals surface area contributed by atoms with Gasteiger partial charge in [0.15, 0.2) is 5.78 Å². The molecule has 1 aromatic rings. The maximum atomic E-state index is 12.7. The third-order valence-corrected chi connectivity index (χ3v) is 4.80. The van der Waals surface area contributed by atoms with Gasteiger partial charge in [0.25, 0.3) is 0 Å². The Kier molecular flexibility index (Phi) is 9.13. The van der Waals surface area contributed by atoms with Gasteiger partial charge >= 0.3 is 0 Å². The van der Waals surface area contributed by atoms with Crippen LogP contribution in [0.5, 0.6) is 5.75 Å². The number of Topliss-reactive ketones (excluding diaryl/α,β-unsaturated/α-hetero) is 2. The minimum Gasteiger partial charge on any atom is -0.507 e. The molecule has 0 saturated heterocycles. The number of allylic oxidation sites excluding steroid dienone is 2. The van der Waals surface area contributed by atoms with Crippen LogP contribution in [-0.4, -0.2) is 55.9 Å². The number of rotatable bonds is 13. The molecule has 1 aliphatic rings. The molecule has 2 rings (SSSR count). The number of phenolic OH excluding ortho intramolecular Hbond substituents is 1. The van der Waals surface area contributed by atoms with Gasteiger partial charge in [-0.1, -0.05) is 12.1 Å². The quantitative estimate of drug-likeness (QED) is 0.324. The Labute approximate surface area is 166 Å². The Hall–Kier alpha value is -2.22. The van der Waals surface area contributed by atoms with Gasteiger partial charge in [-0.15, -0.1) is 0 Å². The number of ketones is 2. The summed E-state index contributed by atoms with van der Waals surface area (Å²) in [5.74, 6) is -0.687. The summed E-state index contributed by atoms with van der Waals surface area (Å²) >= 11 is 0. The van der Waals surface area contributed by atoms with Crippen LogP contribution in [0, 0.1) is 0 Å². The Balaban J connectivity index is 1.67. The van der Waals surface area contributed by atoms with Crippen molar-refractivity contribution in [2.24, 2.45) is 5.73 Å². The molecule has 0 radical (unpaired) electrons. The predicted octanol–water partition coefficient (Wildman–Crippen LogP) is 1.33. The second-order valence-electron chi connectivity index (χ2n) is 6.99. The summed E-state index contributed by atoms with van der Waals surface area (Å²) in [6.45, 7) is 6.75. The van der Waals surface area contributed by atoms with E-state index in [0.717, 1.165) is 58.4 Å². The van der Waals surface area contributed by atoms with E-state index < -0.39 is 0 Å². The zero-order valence-corrected chi connectivity index (χ0v) is 16.6. The van der Waals surface area contributed by atoms with Crippen molar-refractivity contribution in [3.63, 3.8) is 0 Å². The third-order valence-electron chi connectivity index (χ3n) is 4.80. The Bertz CT molecular complexity index is 716. The molecular weight excluding hydrogens is 356 g/mol. The van der Waals surface area contributed by atoms with Gasteiger partial charge in [-0.3, -0.25) is 9.59 Å². The summed E-state index contributed by atoms with van der Waals surface area (Å²) < 4.78 is 0. The van der Waals surface area contributed by atoms with Crippen LogP contribution in [0.4, 0.5) is 0 Å². The lowest BCUT2D eigenvalue weighted by Gasteiger charge is -2.20. The number of phenols is 1. The normalized spacial score (nSPS) is 13.8. The molecule has 0 aliphatic heterocycles. The zero-order valence-electron chi connectivity index (χ0n) is 16.6. The van der Waals surface area contributed by atoms with E-state index >= 15 is 0 Å². The van der Waals surface area contributed by atoms with Crippen LogP contribution in [0.2, 0.25) is 0 Å². The molecule has 1 aromatic carbocycles. The number of nitrogens with one attached hydrogen (secondary N) is 3. The van der Waals surface area contributed by atoms with Gasteiger partial charge in [0.2, 0.25) is 5.78 Å². The predicted molar refractivity (Wildman–Crippen MR) is 111 cm³/mol. The van der Waals surface area contributed by atoms with Crippen molar-refractivity contribution < 1.29 is 14.7 Å². The summed E-state index contributed by atoms with van der Waals surface area (Å²) in [4.78, 5) is 25.1. The Morgan fingerprint density at radius 3 is 2.21 bits per heavy atom. The van der Waals surface area contributed by atoms with Crippen molar-refractivity contribution in [3.8, 4) is 5.75 Å². The fourth-order valence-corrected chi connectivity index (χ4v) is 3.20. The van der Waals surface area contributed by atoms with Crippen molar-refractivity contribution in [1.29, 1.82) is 0 Å². The van der Waals surface area contributed by atoms with E-state index in [2.05, 4.69) is 16.0 Å². The van der Waals surface area contributed by atoms with Crippen molar-refractivity contribution in [2.45, 2.75) is 32.6 Å². The highest BCUT2D eigenvalue weighted by Crippen LogP contribution is 2.30. The average molecular weight is 389 g/mol. The van der Waals surface area contributed by atoms with Crippen molar-refractivity contribution in [1.82, 2.24) is 16.0 Å². The summed E-state index contributed by atoms with van der Waals surface area (Å²) in [6.07, 6.45) is 4.08. The smallest absolute Gasteiger partial charge is 0.213 e. The first-order valence-electron chi connectivity index (χ1n) is 10.1. The Morgan fingerprint density at radius 2 is 1.54 bits per heavy atom. The Morgan fingerprint density at radius 1 is 0.893 bits per heavy atom. The first-order valence-corrected chi connectivity index (χ1v) is 10.1. The van der Waals surface area contributed by atoms with Gasteiger partial charge in [0.05, 0.1) is 11.3 Å². The highest BCUT2D eigenvalue weighted by molar-refractivity contribution is 6.27. The highest BCUT2D eigenvalue weighted by Gasteiger charge is 2.31. The molecule has 0 atom stereocenters. The van der Waals surface area contributed by atoms with Crippen LogP contribution < -0.4 is 21.7 Å². The van der Waals surface area contributed by atoms with E-state index in [4.69, 9.17) is 5.73 Å². The van der Waals surface area contributed by atoms with E-state index in [9.17, 15) is 14.7 Å². The fourth-order valence-electron chi connectivity index (χ4n) is 3.20. The first kappa shape index (κ1) is 22.1. The van der Waals surface area contributed by atoms with E-state index in [1.165, 1.54) is 6.07 Å². The maximum Gasteiger partial charge on any atom is 0.213 e. The molecule has 0 saturated carbocycles. The molecule has 28 heavy (non-hydrogen) atoms. The van der Waals surface area contributed by atoms with E-state index in [0.29, 0.717) is 17.8 Å². The second kappa shape index (κ2) is 11.6. The summed E-state index contributed by atoms with van der Waals surface area (Å²) in [5.41, 5.74) is 6.50. The van der Waals surface area contributed by atoms with Gasteiger partial charge in [0.1, 0.15) is 5.75 Å². The lowest BCUT2D eigenvalue weighted by molar-refractivity contribution is 0.0966. The standard InChI is InChI=1S/C21H32N4O3/c1-15-19(21(28)18-16(20(15)27)7-4-8-17(18)26)25-14-6-13-24-11-3-2-10-23-12-5-9-22/h4,7-8,23-26H,2-3,5-6,9-14,22H2,1H3. The van der Waals surface area contributed by atoms with Crippen LogP contribution in [-0.2, 0) is 0 Å². The summed E-state index contributed by atoms with van der Waals surface area (Å²) in [7, 11) is 0. The molecule has 0 bridgehead atoms. The van der Waals surface area contributed by atoms with Crippen molar-refractivity contribution >= 4 is 11.6 Å². The number of unbranched alkanes of at least 4 members (excludes halogenated alkanes) is 1. The third kappa shape index (κ3) is 5.89. The second-order valence-corrected chi connectivity index (χ2v) is 6.99. The maximum absolute atomic E-state index is 12.7. The fraction of sp³-hybridized carbons (Fsp3) is 0.524. The molecule has 154 valence electrons. The van der Waals surface area contributed by atoms with Crippen LogP contribution >= 0.6 is 0 Å². The molecule has 0 aromatic heterocycles. The molecule has 0 spiro atoms. The molecule has 0 fully saturated rings. The molecule has 0 heterocycles. The van der Waals surface area contributed by atoms with Crippen LogP contribution in [0.1, 0.15) is 53.3 Å². The number of benzene rings is 1. The largest absolute Gasteiger partial charge is 0.507 e. The minimum atomic E-state index is -0.319. The summed E-state index contributed by atoms with van der Waals surface area (Å²) in [5, 5.41) is 19.8. The summed E-state index contributed by atoms with van der Waals surface area (Å²) in [6, 6.07) is 4.58. The average Bonchev–Trinajstić information content (AvgIpc) is 2.69. The van der Waals surface area contributed by atoms with E-state index in [1.807, 2.05) is 0 Å². The van der Waals surface area contributed by atoms with Gasteiger partial charge in [0, 0.05) is 17.7 Å². The number of hydrogen-bond donors (Lipinski definition) is 5. The van der Waals surface area contributed by atoms with Crippen LogP contribution in [0.3, 0.4) is 0 Å². The highest BCUT2D eigenvalue weighted by atomic mass is 16.3. The molecule has 0 amide bonds. The molecule has 7 nitrogen and oxygen atoms in total. The zero-order chi connectivity index (χ0) is 20.4. The first-order chi connectivity index (χ1) is 13.6. The molecule has 6 N–H and O–H groups in total. The van der Waals surface area contributed by atoms with Crippen molar-refractivity contribution in [3.05, 3.63) is 40.6 Å². The van der Waals surface area contributed by atoms with E-state index in [-0.39, 0.29) is 28.4 Å². The van der Waals surface area contributed by atoms with Gasteiger partial charge < -0.3 is 26.8 Å². The number of carbonyl (C=O) groups is 2. The molecule has 1 aliphatic carbocycles. The lowest BCUT2D eigenvalue weighted by Crippen LogP contribution is -2.31. The van der Waals surface area contributed by atoms with Gasteiger partial charge in [-0.05, 0) is 71.4 Å². The van der Waals surface area contributed by atoms with Crippen molar-refractivity contribution in [2.75, 3.05) is 39.3 Å². The minimum absolute atomic E-state index is 0.0961. The number of carbonyl (C=O) groups excluding carboxylic acids is 2. The van der Waals surface area contributed by atoms with Gasteiger partial charge in [-0.2, -0.15) is 0 Å². The number of hydrogen-bond acceptors (Lipinski definition) is 7. The van der Waals surface area contributed by atoms with Gasteiger partial charge in [-0.25, -0.2) is 0 Å². The van der Waals surface area contributed by atoms with Crippen LogP contribution in [0.25, 0.3) is 0 Å². The molecule has 7 heteroatoms. The van der Waals surface area contributed by atoms with E-state index in [1.54, 1.807) is 19.1 Å². The molecular formula is C21H32N4O3. The number of fused-ring (bicyclic) bond motifs is 1.